The molecule has 7 nitrogen and oxygen atoms in total. The van der Waals surface area contributed by atoms with Crippen molar-refractivity contribution < 1.29 is 23.9 Å². The summed E-state index contributed by atoms with van der Waals surface area (Å²) in [6.07, 6.45) is -0.697. The summed E-state index contributed by atoms with van der Waals surface area (Å²) >= 11 is 0. The number of nitrogens with one attached hydrogen (secondary N) is 2. The number of carbonyl (C=O) groups excluding carboxylic acids is 3. The largest absolute Gasteiger partial charge is 0.460 e. The van der Waals surface area contributed by atoms with Crippen LogP contribution in [0, 0.1) is 0 Å². The minimum atomic E-state index is -0.832. The molecular weight excluding hydrogens is 312 g/mol. The third-order valence-electron chi connectivity index (χ3n) is 2.78. The number of ether oxygens (including phenoxy) is 2. The lowest BCUT2D eigenvalue weighted by Crippen LogP contribution is -2.47. The predicted octanol–water partition coefficient (Wildman–Crippen LogP) is 1.76. The van der Waals surface area contributed by atoms with E-state index >= 15 is 0 Å². The molecule has 1 rings (SSSR count). The second-order valence-electron chi connectivity index (χ2n) is 6.23. The van der Waals surface area contributed by atoms with Crippen LogP contribution in [0.15, 0.2) is 30.3 Å². The predicted molar refractivity (Wildman–Crippen MR) is 88.1 cm³/mol. The van der Waals surface area contributed by atoms with Gasteiger partial charge in [-0.3, -0.25) is 9.59 Å². The highest BCUT2D eigenvalue weighted by Crippen LogP contribution is 2.06. The number of hydrogen-bond acceptors (Lipinski definition) is 5. The summed E-state index contributed by atoms with van der Waals surface area (Å²) in [5, 5.41) is 4.80. The summed E-state index contributed by atoms with van der Waals surface area (Å²) in [6.45, 7) is 6.53. The standard InChI is InChI=1S/C17H24N2O5/c1-12(19-16(22)24-17(2,3)4)15(21)18-10-14(20)23-11-13-8-6-5-7-9-13/h5-9,12H,10-11H2,1-4H3,(H,18,21)(H,19,22)/t12-/m1/s1. The first-order valence-corrected chi connectivity index (χ1v) is 7.64. The maximum atomic E-state index is 11.8. The van der Waals surface area contributed by atoms with Crippen molar-refractivity contribution in [3.63, 3.8) is 0 Å². The van der Waals surface area contributed by atoms with Gasteiger partial charge in [-0.1, -0.05) is 30.3 Å². The van der Waals surface area contributed by atoms with Gasteiger partial charge in [0.15, 0.2) is 0 Å². The van der Waals surface area contributed by atoms with E-state index in [4.69, 9.17) is 9.47 Å². The average molecular weight is 336 g/mol. The minimum Gasteiger partial charge on any atom is -0.460 e. The van der Waals surface area contributed by atoms with Crippen LogP contribution in [0.4, 0.5) is 4.79 Å². The molecule has 7 heteroatoms. The summed E-state index contributed by atoms with van der Waals surface area (Å²) in [7, 11) is 0. The van der Waals surface area contributed by atoms with Crippen LogP contribution in [0.3, 0.4) is 0 Å². The topological polar surface area (TPSA) is 93.7 Å². The van der Waals surface area contributed by atoms with E-state index in [1.807, 2.05) is 30.3 Å². The van der Waals surface area contributed by atoms with Gasteiger partial charge in [0.25, 0.3) is 0 Å². The lowest BCUT2D eigenvalue weighted by molar-refractivity contribution is -0.145. The monoisotopic (exact) mass is 336 g/mol. The first-order chi connectivity index (χ1) is 11.2. The maximum absolute atomic E-state index is 11.8. The van der Waals surface area contributed by atoms with Crippen molar-refractivity contribution in [1.82, 2.24) is 10.6 Å². The Kier molecular flexibility index (Phi) is 7.23. The maximum Gasteiger partial charge on any atom is 0.408 e. The molecule has 132 valence electrons. The third kappa shape index (κ3) is 8.17. The molecule has 0 aromatic heterocycles. The molecule has 2 amide bonds. The Hall–Kier alpha value is -2.57. The summed E-state index contributed by atoms with van der Waals surface area (Å²) in [5.74, 6) is -1.06. The van der Waals surface area contributed by atoms with Crippen molar-refractivity contribution >= 4 is 18.0 Å². The van der Waals surface area contributed by atoms with Gasteiger partial charge in [0.1, 0.15) is 24.8 Å². The second kappa shape index (κ2) is 8.90. The van der Waals surface area contributed by atoms with Crippen LogP contribution in [-0.2, 0) is 25.7 Å². The molecule has 0 spiro atoms. The molecule has 0 aliphatic rings. The van der Waals surface area contributed by atoms with Crippen molar-refractivity contribution in [3.05, 3.63) is 35.9 Å². The van der Waals surface area contributed by atoms with E-state index < -0.39 is 29.6 Å². The highest BCUT2D eigenvalue weighted by Gasteiger charge is 2.21. The summed E-state index contributed by atoms with van der Waals surface area (Å²) in [4.78, 5) is 35.0. The third-order valence-corrected chi connectivity index (χ3v) is 2.78. The molecule has 2 N–H and O–H groups in total. The van der Waals surface area contributed by atoms with Crippen molar-refractivity contribution in [3.8, 4) is 0 Å². The molecule has 0 radical (unpaired) electrons. The van der Waals surface area contributed by atoms with Gasteiger partial charge < -0.3 is 20.1 Å². The highest BCUT2D eigenvalue weighted by molar-refractivity contribution is 5.87. The van der Waals surface area contributed by atoms with E-state index in [0.717, 1.165) is 5.56 Å². The van der Waals surface area contributed by atoms with Crippen LogP contribution in [0.25, 0.3) is 0 Å². The van der Waals surface area contributed by atoms with Gasteiger partial charge in [-0.2, -0.15) is 0 Å². The Labute approximate surface area is 141 Å². The molecule has 1 aromatic rings. The fourth-order valence-electron chi connectivity index (χ4n) is 1.65. The van der Waals surface area contributed by atoms with E-state index in [0.29, 0.717) is 0 Å². The fraction of sp³-hybridized carbons (Fsp3) is 0.471. The number of alkyl carbamates (subject to hydrolysis) is 1. The Balaban J connectivity index is 2.29. The van der Waals surface area contributed by atoms with E-state index in [1.54, 1.807) is 20.8 Å². The van der Waals surface area contributed by atoms with Crippen LogP contribution in [0.1, 0.15) is 33.3 Å². The van der Waals surface area contributed by atoms with Crippen molar-refractivity contribution in [2.75, 3.05) is 6.54 Å². The van der Waals surface area contributed by atoms with Gasteiger partial charge >= 0.3 is 12.1 Å². The number of carbonyl (C=O) groups is 3. The zero-order chi connectivity index (χ0) is 18.2. The molecule has 0 unspecified atom stereocenters. The second-order valence-corrected chi connectivity index (χ2v) is 6.23. The zero-order valence-electron chi connectivity index (χ0n) is 14.4. The molecule has 0 saturated heterocycles. The molecule has 24 heavy (non-hydrogen) atoms. The molecule has 0 saturated carbocycles. The Morgan fingerprint density at radius 1 is 1.12 bits per heavy atom. The molecule has 0 aliphatic carbocycles. The first kappa shape index (κ1) is 19.5. The molecule has 0 aliphatic heterocycles. The van der Waals surface area contributed by atoms with Crippen LogP contribution in [0.5, 0.6) is 0 Å². The van der Waals surface area contributed by atoms with Crippen molar-refractivity contribution in [2.45, 2.75) is 45.9 Å². The van der Waals surface area contributed by atoms with Gasteiger partial charge in [-0.05, 0) is 33.3 Å². The molecule has 0 heterocycles. The van der Waals surface area contributed by atoms with Crippen molar-refractivity contribution in [2.24, 2.45) is 0 Å². The summed E-state index contributed by atoms with van der Waals surface area (Å²) in [5.41, 5.74) is 0.207. The molecule has 0 fully saturated rings. The van der Waals surface area contributed by atoms with Crippen LogP contribution in [-0.4, -0.2) is 36.2 Å². The fourth-order valence-corrected chi connectivity index (χ4v) is 1.65. The van der Waals surface area contributed by atoms with Gasteiger partial charge in [0.2, 0.25) is 5.91 Å². The smallest absolute Gasteiger partial charge is 0.408 e. The Bertz CT molecular complexity index is 566. The normalized spacial score (nSPS) is 12.0. The number of amides is 2. The summed E-state index contributed by atoms with van der Waals surface area (Å²) in [6, 6.07) is 8.38. The van der Waals surface area contributed by atoms with E-state index in [-0.39, 0.29) is 13.2 Å². The van der Waals surface area contributed by atoms with Gasteiger partial charge in [0, 0.05) is 0 Å². The molecule has 1 aromatic carbocycles. The number of esters is 1. The number of benzene rings is 1. The van der Waals surface area contributed by atoms with Crippen LogP contribution in [0.2, 0.25) is 0 Å². The zero-order valence-corrected chi connectivity index (χ0v) is 14.4. The first-order valence-electron chi connectivity index (χ1n) is 7.64. The summed E-state index contributed by atoms with van der Waals surface area (Å²) < 4.78 is 10.1. The highest BCUT2D eigenvalue weighted by atomic mass is 16.6. The quantitative estimate of drug-likeness (QED) is 0.772. The van der Waals surface area contributed by atoms with Gasteiger partial charge in [-0.15, -0.1) is 0 Å². The Morgan fingerprint density at radius 3 is 2.33 bits per heavy atom. The molecule has 0 bridgehead atoms. The molecular formula is C17H24N2O5. The SMILES string of the molecule is C[C@@H](NC(=O)OC(C)(C)C)C(=O)NCC(=O)OCc1ccccc1. The van der Waals surface area contributed by atoms with Crippen LogP contribution >= 0.6 is 0 Å². The van der Waals surface area contributed by atoms with E-state index in [2.05, 4.69) is 10.6 Å². The minimum absolute atomic E-state index is 0.140. The lowest BCUT2D eigenvalue weighted by Gasteiger charge is -2.21. The van der Waals surface area contributed by atoms with Gasteiger partial charge in [0.05, 0.1) is 0 Å². The van der Waals surface area contributed by atoms with Gasteiger partial charge in [-0.25, -0.2) is 4.79 Å². The van der Waals surface area contributed by atoms with Crippen LogP contribution < -0.4 is 10.6 Å². The molecule has 1 atom stereocenters. The Morgan fingerprint density at radius 2 is 1.75 bits per heavy atom. The van der Waals surface area contributed by atoms with E-state index in [1.165, 1.54) is 6.92 Å². The van der Waals surface area contributed by atoms with E-state index in [9.17, 15) is 14.4 Å². The van der Waals surface area contributed by atoms with Crippen molar-refractivity contribution in [1.29, 1.82) is 0 Å². The number of rotatable bonds is 6. The lowest BCUT2D eigenvalue weighted by atomic mass is 10.2. The number of hydrogen-bond donors (Lipinski definition) is 2. The average Bonchev–Trinajstić information content (AvgIpc) is 2.49.